The Hall–Kier alpha value is -3.22. The van der Waals surface area contributed by atoms with Gasteiger partial charge in [-0.15, -0.1) is 0 Å². The number of carbonyl (C=O) groups excluding carboxylic acids is 2. The lowest BCUT2D eigenvalue weighted by Gasteiger charge is -2.41. The first-order valence-corrected chi connectivity index (χ1v) is 13.4. The van der Waals surface area contributed by atoms with E-state index in [1.807, 2.05) is 39.0 Å². The summed E-state index contributed by atoms with van der Waals surface area (Å²) in [6.45, 7) is 11.5. The molecule has 7 heteroatoms. The minimum absolute atomic E-state index is 0.00155. The maximum atomic E-state index is 13.5. The molecule has 2 aromatic carbocycles. The molecule has 7 nitrogen and oxygen atoms in total. The van der Waals surface area contributed by atoms with E-state index in [-0.39, 0.29) is 24.0 Å². The van der Waals surface area contributed by atoms with Gasteiger partial charge in [0.05, 0.1) is 12.2 Å². The summed E-state index contributed by atoms with van der Waals surface area (Å²) >= 11 is 0. The molecule has 1 atom stereocenters. The van der Waals surface area contributed by atoms with E-state index in [1.165, 1.54) is 16.8 Å². The van der Waals surface area contributed by atoms with E-state index in [9.17, 15) is 9.59 Å². The Balaban J connectivity index is 1.16. The quantitative estimate of drug-likeness (QED) is 0.638. The number of likely N-dealkylation sites (tertiary alicyclic amines) is 1. The maximum absolute atomic E-state index is 13.5. The van der Waals surface area contributed by atoms with Gasteiger partial charge < -0.3 is 19.4 Å². The first-order valence-electron chi connectivity index (χ1n) is 13.4. The van der Waals surface area contributed by atoms with Crippen LogP contribution in [-0.2, 0) is 4.79 Å². The minimum Gasteiger partial charge on any atom is -0.486 e. The molecule has 0 radical (unpaired) electrons. The number of carbonyl (C=O) groups is 2. The average Bonchev–Trinajstić information content (AvgIpc) is 2.93. The molecule has 3 amide bonds. The summed E-state index contributed by atoms with van der Waals surface area (Å²) in [4.78, 5) is 35.0. The van der Waals surface area contributed by atoms with Crippen molar-refractivity contribution in [3.63, 3.8) is 0 Å². The summed E-state index contributed by atoms with van der Waals surface area (Å²) < 4.78 is 6.05. The third kappa shape index (κ3) is 4.75. The van der Waals surface area contributed by atoms with E-state index >= 15 is 0 Å². The topological polar surface area (TPSA) is 56.3 Å². The predicted octanol–water partition coefficient (Wildman–Crippen LogP) is 4.46. The number of amides is 3. The van der Waals surface area contributed by atoms with E-state index in [4.69, 9.17) is 4.74 Å². The summed E-state index contributed by atoms with van der Waals surface area (Å²) in [6.07, 6.45) is 2.31. The zero-order valence-corrected chi connectivity index (χ0v) is 21.8. The normalized spacial score (nSPS) is 20.7. The number of piperidine rings is 1. The van der Waals surface area contributed by atoms with Gasteiger partial charge in [0.1, 0.15) is 11.9 Å². The van der Waals surface area contributed by atoms with Crippen molar-refractivity contribution in [3.8, 4) is 5.75 Å². The Morgan fingerprint density at radius 2 is 1.56 bits per heavy atom. The highest BCUT2D eigenvalue weighted by molar-refractivity contribution is 5.94. The second-order valence-electron chi connectivity index (χ2n) is 10.3. The molecule has 2 fully saturated rings. The molecule has 0 unspecified atom stereocenters. The van der Waals surface area contributed by atoms with Crippen molar-refractivity contribution in [1.29, 1.82) is 0 Å². The lowest BCUT2D eigenvalue weighted by atomic mass is 9.95. The largest absolute Gasteiger partial charge is 0.486 e. The lowest BCUT2D eigenvalue weighted by molar-refractivity contribution is -0.137. The zero-order chi connectivity index (χ0) is 25.2. The van der Waals surface area contributed by atoms with Gasteiger partial charge in [0.2, 0.25) is 5.91 Å². The molecular formula is C29H38N4O3. The molecule has 5 rings (SSSR count). The molecule has 2 saturated heterocycles. The number of anilines is 2. The molecule has 192 valence electrons. The van der Waals surface area contributed by atoms with Crippen LogP contribution in [0.5, 0.6) is 5.75 Å². The number of ether oxygens (including phenoxy) is 1. The van der Waals surface area contributed by atoms with Crippen LogP contribution < -0.4 is 14.5 Å². The van der Waals surface area contributed by atoms with Crippen molar-refractivity contribution in [2.45, 2.75) is 46.1 Å². The van der Waals surface area contributed by atoms with Gasteiger partial charge in [0.25, 0.3) is 0 Å². The molecule has 0 bridgehead atoms. The van der Waals surface area contributed by atoms with E-state index < -0.39 is 0 Å². The third-order valence-electron chi connectivity index (χ3n) is 8.14. The minimum atomic E-state index is 0.00155. The zero-order valence-electron chi connectivity index (χ0n) is 21.8. The van der Waals surface area contributed by atoms with Crippen LogP contribution in [0.4, 0.5) is 16.2 Å². The smallest absolute Gasteiger partial charge is 0.324 e. The fourth-order valence-corrected chi connectivity index (χ4v) is 5.68. The Labute approximate surface area is 214 Å². The van der Waals surface area contributed by atoms with Crippen molar-refractivity contribution >= 4 is 23.3 Å². The molecule has 3 heterocycles. The Bertz CT molecular complexity index is 1100. The first kappa shape index (κ1) is 24.5. The van der Waals surface area contributed by atoms with Crippen LogP contribution in [0.1, 0.15) is 37.3 Å². The number of nitrogens with zero attached hydrogens (tertiary/aromatic N) is 4. The molecule has 0 aliphatic carbocycles. The maximum Gasteiger partial charge on any atom is 0.324 e. The fraction of sp³-hybridized carbons (Fsp3) is 0.517. The van der Waals surface area contributed by atoms with Crippen molar-refractivity contribution in [2.24, 2.45) is 5.92 Å². The highest BCUT2D eigenvalue weighted by Gasteiger charge is 2.36. The molecule has 2 aromatic rings. The highest BCUT2D eigenvalue weighted by Crippen LogP contribution is 2.35. The van der Waals surface area contributed by atoms with Crippen molar-refractivity contribution in [2.75, 3.05) is 55.6 Å². The fourth-order valence-electron chi connectivity index (χ4n) is 5.68. The van der Waals surface area contributed by atoms with E-state index in [0.29, 0.717) is 19.6 Å². The molecular weight excluding hydrogens is 452 g/mol. The number of benzene rings is 2. The first-order chi connectivity index (χ1) is 17.5. The van der Waals surface area contributed by atoms with Crippen LogP contribution in [0.25, 0.3) is 0 Å². The van der Waals surface area contributed by atoms with E-state index in [2.05, 4.69) is 43.9 Å². The van der Waals surface area contributed by atoms with Gasteiger partial charge in [-0.2, -0.15) is 0 Å². The average molecular weight is 491 g/mol. The number of piperazine rings is 1. The highest BCUT2D eigenvalue weighted by atomic mass is 16.5. The number of fused-ring (bicyclic) bond motifs is 1. The second kappa shape index (κ2) is 10.4. The van der Waals surface area contributed by atoms with Crippen LogP contribution in [0, 0.1) is 19.8 Å². The van der Waals surface area contributed by atoms with Crippen LogP contribution in [0.2, 0.25) is 0 Å². The van der Waals surface area contributed by atoms with Crippen LogP contribution in [-0.4, -0.2) is 73.7 Å². The predicted molar refractivity (Wildman–Crippen MR) is 143 cm³/mol. The van der Waals surface area contributed by atoms with Crippen LogP contribution in [0.3, 0.4) is 0 Å². The number of urea groups is 1. The van der Waals surface area contributed by atoms with Gasteiger partial charge in [-0.05, 0) is 62.4 Å². The molecule has 0 aromatic heterocycles. The van der Waals surface area contributed by atoms with Gasteiger partial charge in [-0.1, -0.05) is 31.2 Å². The molecule has 36 heavy (non-hydrogen) atoms. The number of para-hydroxylation sites is 2. The van der Waals surface area contributed by atoms with Gasteiger partial charge in [0, 0.05) is 50.9 Å². The van der Waals surface area contributed by atoms with E-state index in [0.717, 1.165) is 56.9 Å². The Kier molecular flexibility index (Phi) is 7.08. The van der Waals surface area contributed by atoms with Crippen molar-refractivity contribution in [1.82, 2.24) is 9.80 Å². The summed E-state index contributed by atoms with van der Waals surface area (Å²) in [5.74, 6) is 1.03. The number of aryl methyl sites for hydroxylation is 1. The second-order valence-corrected chi connectivity index (χ2v) is 10.3. The number of rotatable bonds is 3. The Morgan fingerprint density at radius 1 is 0.861 bits per heavy atom. The Morgan fingerprint density at radius 3 is 2.28 bits per heavy atom. The van der Waals surface area contributed by atoms with E-state index in [1.54, 1.807) is 0 Å². The van der Waals surface area contributed by atoms with Crippen molar-refractivity contribution in [3.05, 3.63) is 53.6 Å². The van der Waals surface area contributed by atoms with Crippen LogP contribution in [0.15, 0.2) is 42.5 Å². The summed E-state index contributed by atoms with van der Waals surface area (Å²) in [6, 6.07) is 14.2. The van der Waals surface area contributed by atoms with Gasteiger partial charge in [0.15, 0.2) is 0 Å². The molecule has 0 N–H and O–H groups in total. The lowest BCUT2D eigenvalue weighted by Crippen LogP contribution is -2.54. The van der Waals surface area contributed by atoms with Crippen LogP contribution >= 0.6 is 0 Å². The summed E-state index contributed by atoms with van der Waals surface area (Å²) in [5.41, 5.74) is 4.75. The van der Waals surface area contributed by atoms with Gasteiger partial charge in [-0.25, -0.2) is 4.79 Å². The van der Waals surface area contributed by atoms with Crippen molar-refractivity contribution < 1.29 is 14.3 Å². The third-order valence-corrected chi connectivity index (χ3v) is 8.14. The van der Waals surface area contributed by atoms with Gasteiger partial charge >= 0.3 is 6.03 Å². The summed E-state index contributed by atoms with van der Waals surface area (Å²) in [7, 11) is 0. The number of hydrogen-bond acceptors (Lipinski definition) is 4. The molecule has 0 spiro atoms. The molecule has 0 saturated carbocycles. The standard InChI is InChI=1S/C29H38N4O3/c1-4-24-20-33(26-9-5-6-11-27(26)36-24)29(35)32-14-12-23(13-15-32)28(34)31-18-16-30(17-19-31)25-10-7-8-21(2)22(25)3/h5-11,23-24H,4,12-20H2,1-3H3/t24-/m1/s1. The molecule has 3 aliphatic rings. The van der Waals surface area contributed by atoms with Gasteiger partial charge in [-0.3, -0.25) is 9.69 Å². The summed E-state index contributed by atoms with van der Waals surface area (Å²) in [5, 5.41) is 0. The monoisotopic (exact) mass is 490 g/mol. The SMILES string of the molecule is CC[C@@H]1CN(C(=O)N2CCC(C(=O)N3CCN(c4cccc(C)c4C)CC3)CC2)c2ccccc2O1. The number of hydrogen-bond donors (Lipinski definition) is 0. The molecule has 3 aliphatic heterocycles.